The molecule has 0 atom stereocenters. The third kappa shape index (κ3) is 2.69. The third-order valence-corrected chi connectivity index (χ3v) is 3.70. The Balaban J connectivity index is 2.48. The summed E-state index contributed by atoms with van der Waals surface area (Å²) >= 11 is 0. The number of alkyl halides is 6. The molecule has 0 fully saturated rings. The van der Waals surface area contributed by atoms with Gasteiger partial charge in [-0.2, -0.15) is 26.3 Å². The zero-order valence-corrected chi connectivity index (χ0v) is 11.5. The van der Waals surface area contributed by atoms with Crippen LogP contribution in [0.25, 0.3) is 11.1 Å². The molecule has 0 spiro atoms. The molecular weight excluding hydrogens is 306 g/mol. The number of hydrogen-bond donors (Lipinski definition) is 0. The summed E-state index contributed by atoms with van der Waals surface area (Å²) in [6, 6.07) is 13.0. The Morgan fingerprint density at radius 3 is 1.41 bits per heavy atom. The number of hydrogen-bond acceptors (Lipinski definition) is 0. The Hall–Kier alpha value is -1.98. The summed E-state index contributed by atoms with van der Waals surface area (Å²) in [7, 11) is 0. The Morgan fingerprint density at radius 1 is 0.591 bits per heavy atom. The molecule has 0 aliphatic heterocycles. The molecule has 0 aromatic heterocycles. The number of halogens is 6. The Bertz CT molecular complexity index is 608. The highest BCUT2D eigenvalue weighted by Gasteiger charge is 2.68. The Kier molecular flexibility index (Phi) is 3.98. The number of benzene rings is 2. The van der Waals surface area contributed by atoms with Crippen LogP contribution in [0.2, 0.25) is 0 Å². The van der Waals surface area contributed by atoms with E-state index in [2.05, 4.69) is 0 Å². The van der Waals surface area contributed by atoms with Crippen LogP contribution in [0.4, 0.5) is 26.3 Å². The molecule has 0 radical (unpaired) electrons. The maximum atomic E-state index is 13.0. The lowest BCUT2D eigenvalue weighted by Crippen LogP contribution is -2.51. The highest BCUT2D eigenvalue weighted by molar-refractivity contribution is 5.63. The van der Waals surface area contributed by atoms with Crippen LogP contribution in [0.1, 0.15) is 12.5 Å². The molecule has 0 saturated heterocycles. The van der Waals surface area contributed by atoms with Crippen LogP contribution in [-0.2, 0) is 5.41 Å². The van der Waals surface area contributed by atoms with Gasteiger partial charge in [-0.25, -0.2) is 0 Å². The smallest absolute Gasteiger partial charge is 0.170 e. The maximum absolute atomic E-state index is 13.0. The van der Waals surface area contributed by atoms with Crippen molar-refractivity contribution < 1.29 is 26.3 Å². The lowest BCUT2D eigenvalue weighted by molar-refractivity contribution is -0.297. The van der Waals surface area contributed by atoms with Crippen molar-refractivity contribution in [1.82, 2.24) is 0 Å². The molecule has 0 aliphatic carbocycles. The van der Waals surface area contributed by atoms with Crippen molar-refractivity contribution in [3.63, 3.8) is 0 Å². The van der Waals surface area contributed by atoms with Crippen LogP contribution in [0.5, 0.6) is 0 Å². The summed E-state index contributed by atoms with van der Waals surface area (Å²) in [5, 5.41) is 0. The molecule has 22 heavy (non-hydrogen) atoms. The predicted octanol–water partition coefficient (Wildman–Crippen LogP) is 5.74. The Morgan fingerprint density at radius 2 is 1.00 bits per heavy atom. The van der Waals surface area contributed by atoms with Gasteiger partial charge in [0.25, 0.3) is 0 Å². The molecule has 2 rings (SSSR count). The summed E-state index contributed by atoms with van der Waals surface area (Å²) in [5.41, 5.74) is -3.45. The quantitative estimate of drug-likeness (QED) is 0.620. The van der Waals surface area contributed by atoms with Gasteiger partial charge in [0.05, 0.1) is 0 Å². The van der Waals surface area contributed by atoms with E-state index in [1.165, 1.54) is 12.1 Å². The van der Waals surface area contributed by atoms with Gasteiger partial charge >= 0.3 is 12.4 Å². The molecule has 0 aliphatic rings. The van der Waals surface area contributed by atoms with E-state index in [0.29, 0.717) is 5.56 Å². The monoisotopic (exact) mass is 318 g/mol. The van der Waals surface area contributed by atoms with Crippen molar-refractivity contribution in [2.24, 2.45) is 0 Å². The summed E-state index contributed by atoms with van der Waals surface area (Å²) in [6.07, 6.45) is -10.9. The van der Waals surface area contributed by atoms with Crippen LogP contribution >= 0.6 is 0 Å². The lowest BCUT2D eigenvalue weighted by Gasteiger charge is -2.34. The fourth-order valence-corrected chi connectivity index (χ4v) is 2.11. The molecule has 2 aromatic carbocycles. The molecule has 0 bridgehead atoms. The average molecular weight is 318 g/mol. The van der Waals surface area contributed by atoms with E-state index in [-0.39, 0.29) is 6.92 Å². The van der Waals surface area contributed by atoms with Gasteiger partial charge in [0.1, 0.15) is 0 Å². The topological polar surface area (TPSA) is 0 Å². The van der Waals surface area contributed by atoms with E-state index in [0.717, 1.165) is 17.7 Å². The zero-order chi connectivity index (χ0) is 16.6. The molecule has 0 saturated carbocycles. The van der Waals surface area contributed by atoms with E-state index in [1.807, 2.05) is 0 Å². The first-order chi connectivity index (χ1) is 10.1. The van der Waals surface area contributed by atoms with Gasteiger partial charge in [-0.05, 0) is 23.6 Å². The fraction of sp³-hybridized carbons (Fsp3) is 0.250. The van der Waals surface area contributed by atoms with Crippen LogP contribution in [-0.4, -0.2) is 12.4 Å². The second-order valence-electron chi connectivity index (χ2n) is 5.06. The second-order valence-corrected chi connectivity index (χ2v) is 5.06. The number of rotatable bonds is 2. The third-order valence-electron chi connectivity index (χ3n) is 3.70. The molecule has 0 heterocycles. The summed E-state index contributed by atoms with van der Waals surface area (Å²) in [4.78, 5) is 0. The van der Waals surface area contributed by atoms with Crippen molar-refractivity contribution in [1.29, 1.82) is 0 Å². The van der Waals surface area contributed by atoms with Gasteiger partial charge in [-0.3, -0.25) is 0 Å². The molecule has 0 unspecified atom stereocenters. The van der Waals surface area contributed by atoms with E-state index in [1.54, 1.807) is 30.3 Å². The zero-order valence-electron chi connectivity index (χ0n) is 11.5. The first kappa shape index (κ1) is 16.4. The molecule has 6 heteroatoms. The van der Waals surface area contributed by atoms with Gasteiger partial charge in [-0.15, -0.1) is 0 Å². The van der Waals surface area contributed by atoms with E-state index >= 15 is 0 Å². The van der Waals surface area contributed by atoms with Gasteiger partial charge in [0.15, 0.2) is 5.41 Å². The minimum atomic E-state index is -5.43. The van der Waals surface area contributed by atoms with Gasteiger partial charge in [-0.1, -0.05) is 54.6 Å². The van der Waals surface area contributed by atoms with Gasteiger partial charge in [0, 0.05) is 0 Å². The van der Waals surface area contributed by atoms with Crippen LogP contribution < -0.4 is 0 Å². The van der Waals surface area contributed by atoms with Crippen LogP contribution in [0.3, 0.4) is 0 Å². The normalized spacial score (nSPS) is 13.2. The van der Waals surface area contributed by atoms with Crippen molar-refractivity contribution in [2.45, 2.75) is 24.7 Å². The maximum Gasteiger partial charge on any atom is 0.406 e. The molecular formula is C16H12F6. The van der Waals surface area contributed by atoms with Crippen molar-refractivity contribution in [2.75, 3.05) is 0 Å². The van der Waals surface area contributed by atoms with Crippen LogP contribution in [0, 0.1) is 0 Å². The molecule has 0 N–H and O–H groups in total. The van der Waals surface area contributed by atoms with E-state index < -0.39 is 23.3 Å². The van der Waals surface area contributed by atoms with E-state index in [9.17, 15) is 26.3 Å². The first-order valence-electron chi connectivity index (χ1n) is 6.37. The lowest BCUT2D eigenvalue weighted by atomic mass is 9.80. The van der Waals surface area contributed by atoms with Gasteiger partial charge in [0.2, 0.25) is 0 Å². The van der Waals surface area contributed by atoms with Gasteiger partial charge < -0.3 is 0 Å². The fourth-order valence-electron chi connectivity index (χ4n) is 2.11. The second kappa shape index (κ2) is 5.34. The summed E-state index contributed by atoms with van der Waals surface area (Å²) < 4.78 is 77.9. The standard InChI is InChI=1S/C16H12F6/c1-14(15(17,18)19,16(20,21)22)13-9-7-12(8-10-13)11-5-3-2-4-6-11/h2-10H,1H3. The van der Waals surface area contributed by atoms with Crippen molar-refractivity contribution in [3.05, 3.63) is 60.2 Å². The largest absolute Gasteiger partial charge is 0.406 e. The van der Waals surface area contributed by atoms with Crippen molar-refractivity contribution in [3.8, 4) is 11.1 Å². The highest BCUT2D eigenvalue weighted by atomic mass is 19.4. The Labute approximate surface area is 123 Å². The molecule has 0 nitrogen and oxygen atoms in total. The highest BCUT2D eigenvalue weighted by Crippen LogP contribution is 2.51. The summed E-state index contributed by atoms with van der Waals surface area (Å²) in [6.45, 7) is 0.157. The van der Waals surface area contributed by atoms with Crippen molar-refractivity contribution >= 4 is 0 Å². The summed E-state index contributed by atoms with van der Waals surface area (Å²) in [5.74, 6) is 0. The molecule has 118 valence electrons. The first-order valence-corrected chi connectivity index (χ1v) is 6.37. The minimum absolute atomic E-state index is 0.157. The van der Waals surface area contributed by atoms with Crippen LogP contribution in [0.15, 0.2) is 54.6 Å². The minimum Gasteiger partial charge on any atom is -0.170 e. The molecule has 0 amide bonds. The average Bonchev–Trinajstić information content (AvgIpc) is 2.45. The SMILES string of the molecule is CC(c1ccc(-c2ccccc2)cc1)(C(F)(F)F)C(F)(F)F. The van der Waals surface area contributed by atoms with E-state index in [4.69, 9.17) is 0 Å². The predicted molar refractivity (Wildman–Crippen MR) is 71.3 cm³/mol. The molecule has 2 aromatic rings.